The first-order valence-electron chi connectivity index (χ1n) is 8.00. The summed E-state index contributed by atoms with van der Waals surface area (Å²) in [5.41, 5.74) is 2.85. The van der Waals surface area contributed by atoms with E-state index in [1.807, 2.05) is 6.07 Å². The average molecular weight is 295 g/mol. The molecule has 1 N–H and O–H groups in total. The van der Waals surface area contributed by atoms with Crippen LogP contribution < -0.4 is 5.32 Å². The lowest BCUT2D eigenvalue weighted by atomic mass is 10.00. The maximum atomic E-state index is 12.2. The molecule has 0 spiro atoms. The molecule has 1 saturated carbocycles. The third kappa shape index (κ3) is 3.30. The molecule has 1 heterocycles. The number of nitrogens with zero attached hydrogens (tertiary/aromatic N) is 2. The van der Waals surface area contributed by atoms with Crippen LogP contribution in [0.25, 0.3) is 0 Å². The van der Waals surface area contributed by atoms with Gasteiger partial charge in [0.15, 0.2) is 0 Å². The zero-order valence-electron chi connectivity index (χ0n) is 12.7. The van der Waals surface area contributed by atoms with Gasteiger partial charge in [-0.3, -0.25) is 4.79 Å². The summed E-state index contributed by atoms with van der Waals surface area (Å²) in [6.45, 7) is 1.61. The van der Waals surface area contributed by atoms with Crippen LogP contribution in [0.2, 0.25) is 0 Å². The van der Waals surface area contributed by atoms with Crippen molar-refractivity contribution in [1.29, 1.82) is 5.26 Å². The summed E-state index contributed by atoms with van der Waals surface area (Å²) in [5, 5.41) is 12.3. The molecule has 1 amide bonds. The van der Waals surface area contributed by atoms with Gasteiger partial charge in [0, 0.05) is 25.3 Å². The molecule has 4 heteroatoms. The highest BCUT2D eigenvalue weighted by Crippen LogP contribution is 2.20. The Bertz CT molecular complexity index is 623. The van der Waals surface area contributed by atoms with Crippen molar-refractivity contribution in [3.05, 3.63) is 47.2 Å². The third-order valence-corrected chi connectivity index (χ3v) is 4.53. The van der Waals surface area contributed by atoms with Crippen LogP contribution in [-0.4, -0.2) is 23.4 Å². The molecule has 2 aliphatic rings. The van der Waals surface area contributed by atoms with Gasteiger partial charge in [0.05, 0.1) is 0 Å². The zero-order chi connectivity index (χ0) is 15.4. The average Bonchev–Trinajstić information content (AvgIpc) is 3.05. The van der Waals surface area contributed by atoms with Crippen molar-refractivity contribution in [2.75, 3.05) is 6.54 Å². The first-order chi connectivity index (χ1) is 10.8. The van der Waals surface area contributed by atoms with E-state index in [-0.39, 0.29) is 17.5 Å². The molecule has 1 aromatic rings. The quantitative estimate of drug-likeness (QED) is 0.688. The molecule has 1 fully saturated rings. The van der Waals surface area contributed by atoms with E-state index in [4.69, 9.17) is 0 Å². The maximum absolute atomic E-state index is 12.2. The number of carbonyl (C=O) groups is 1. The summed E-state index contributed by atoms with van der Waals surface area (Å²) in [6.07, 6.45) is 7.07. The third-order valence-electron chi connectivity index (χ3n) is 4.53. The first kappa shape index (κ1) is 14.6. The number of hydrogen-bond donors (Lipinski definition) is 1. The molecule has 1 aliphatic carbocycles. The van der Waals surface area contributed by atoms with Crippen molar-refractivity contribution in [2.24, 2.45) is 0 Å². The summed E-state index contributed by atoms with van der Waals surface area (Å²) >= 11 is 0. The van der Waals surface area contributed by atoms with Crippen LogP contribution >= 0.6 is 0 Å². The number of rotatable bonds is 3. The van der Waals surface area contributed by atoms with Crippen molar-refractivity contribution in [1.82, 2.24) is 10.2 Å². The van der Waals surface area contributed by atoms with Crippen LogP contribution in [0, 0.1) is 11.3 Å². The SMILES string of the molecule is N#C/C(=C/N1CCc2ccccc2C1)C(=O)NC1CCCC1. The Hall–Kier alpha value is -2.28. The van der Waals surface area contributed by atoms with Crippen LogP contribution in [0.3, 0.4) is 0 Å². The fourth-order valence-corrected chi connectivity index (χ4v) is 3.28. The number of nitrogens with one attached hydrogen (secondary N) is 1. The van der Waals surface area contributed by atoms with Crippen molar-refractivity contribution in [2.45, 2.75) is 44.7 Å². The normalized spacial score (nSPS) is 18.7. The molecule has 0 aromatic heterocycles. The Morgan fingerprint density at radius 2 is 2.00 bits per heavy atom. The highest BCUT2D eigenvalue weighted by atomic mass is 16.1. The van der Waals surface area contributed by atoms with Gasteiger partial charge in [-0.15, -0.1) is 0 Å². The Labute approximate surface area is 131 Å². The van der Waals surface area contributed by atoms with E-state index >= 15 is 0 Å². The molecular formula is C18H21N3O. The first-order valence-corrected chi connectivity index (χ1v) is 8.00. The number of benzene rings is 1. The molecule has 4 nitrogen and oxygen atoms in total. The number of nitriles is 1. The second-order valence-corrected chi connectivity index (χ2v) is 6.10. The van der Waals surface area contributed by atoms with Gasteiger partial charge in [-0.2, -0.15) is 5.26 Å². The van der Waals surface area contributed by atoms with Crippen LogP contribution in [0.4, 0.5) is 0 Å². The smallest absolute Gasteiger partial charge is 0.263 e. The fourth-order valence-electron chi connectivity index (χ4n) is 3.28. The van der Waals surface area contributed by atoms with Gasteiger partial charge in [-0.25, -0.2) is 0 Å². The second-order valence-electron chi connectivity index (χ2n) is 6.10. The molecule has 22 heavy (non-hydrogen) atoms. The standard InChI is InChI=1S/C18H21N3O/c19-11-16(18(22)20-17-7-3-4-8-17)13-21-10-9-14-5-1-2-6-15(14)12-21/h1-2,5-6,13,17H,3-4,7-10,12H2,(H,20,22)/b16-13-. The largest absolute Gasteiger partial charge is 0.371 e. The maximum Gasteiger partial charge on any atom is 0.263 e. The Balaban J connectivity index is 1.67. The lowest BCUT2D eigenvalue weighted by molar-refractivity contribution is -0.117. The molecule has 0 atom stereocenters. The van der Waals surface area contributed by atoms with Gasteiger partial charge in [0.25, 0.3) is 5.91 Å². The van der Waals surface area contributed by atoms with Gasteiger partial charge in [0.1, 0.15) is 11.6 Å². The van der Waals surface area contributed by atoms with E-state index < -0.39 is 0 Å². The molecule has 1 aliphatic heterocycles. The second kappa shape index (κ2) is 6.65. The van der Waals surface area contributed by atoms with E-state index in [2.05, 4.69) is 34.5 Å². The molecule has 0 radical (unpaired) electrons. The number of fused-ring (bicyclic) bond motifs is 1. The predicted octanol–water partition coefficient (Wildman–Crippen LogP) is 2.51. The van der Waals surface area contributed by atoms with E-state index in [0.717, 1.165) is 32.4 Å². The van der Waals surface area contributed by atoms with Gasteiger partial charge in [0.2, 0.25) is 0 Å². The minimum absolute atomic E-state index is 0.214. The summed E-state index contributed by atoms with van der Waals surface area (Å²) in [5.74, 6) is -0.228. The highest BCUT2D eigenvalue weighted by Gasteiger charge is 2.20. The van der Waals surface area contributed by atoms with Gasteiger partial charge < -0.3 is 10.2 Å². The fraction of sp³-hybridized carbons (Fsp3) is 0.444. The minimum Gasteiger partial charge on any atom is -0.371 e. The monoisotopic (exact) mass is 295 g/mol. The number of hydrogen-bond acceptors (Lipinski definition) is 3. The van der Waals surface area contributed by atoms with Crippen molar-refractivity contribution in [3.8, 4) is 6.07 Å². The van der Waals surface area contributed by atoms with E-state index in [1.54, 1.807) is 6.20 Å². The van der Waals surface area contributed by atoms with Gasteiger partial charge in [-0.05, 0) is 30.4 Å². The number of carbonyl (C=O) groups excluding carboxylic acids is 1. The van der Waals surface area contributed by atoms with E-state index in [1.165, 1.54) is 24.0 Å². The van der Waals surface area contributed by atoms with Crippen molar-refractivity contribution in [3.63, 3.8) is 0 Å². The predicted molar refractivity (Wildman–Crippen MR) is 84.7 cm³/mol. The molecule has 114 valence electrons. The molecule has 0 unspecified atom stereocenters. The highest BCUT2D eigenvalue weighted by molar-refractivity contribution is 5.97. The molecule has 1 aromatic carbocycles. The summed E-state index contributed by atoms with van der Waals surface area (Å²) in [7, 11) is 0. The van der Waals surface area contributed by atoms with E-state index in [0.29, 0.717) is 0 Å². The zero-order valence-corrected chi connectivity index (χ0v) is 12.7. The van der Waals surface area contributed by atoms with Crippen LogP contribution in [0.15, 0.2) is 36.0 Å². The molecule has 0 bridgehead atoms. The topological polar surface area (TPSA) is 56.1 Å². The molecule has 0 saturated heterocycles. The Morgan fingerprint density at radius 1 is 1.27 bits per heavy atom. The lowest BCUT2D eigenvalue weighted by Crippen LogP contribution is -2.34. The summed E-state index contributed by atoms with van der Waals surface area (Å²) in [6, 6.07) is 10.6. The molecular weight excluding hydrogens is 274 g/mol. The minimum atomic E-state index is -0.228. The Morgan fingerprint density at radius 3 is 2.73 bits per heavy atom. The van der Waals surface area contributed by atoms with Crippen molar-refractivity contribution < 1.29 is 4.79 Å². The van der Waals surface area contributed by atoms with Crippen LogP contribution in [0.1, 0.15) is 36.8 Å². The molecule has 3 rings (SSSR count). The van der Waals surface area contributed by atoms with Gasteiger partial charge in [-0.1, -0.05) is 37.1 Å². The number of amides is 1. The lowest BCUT2D eigenvalue weighted by Gasteiger charge is -2.27. The van der Waals surface area contributed by atoms with E-state index in [9.17, 15) is 10.1 Å². The summed E-state index contributed by atoms with van der Waals surface area (Å²) in [4.78, 5) is 14.3. The van der Waals surface area contributed by atoms with Crippen LogP contribution in [-0.2, 0) is 17.8 Å². The van der Waals surface area contributed by atoms with Gasteiger partial charge >= 0.3 is 0 Å². The summed E-state index contributed by atoms with van der Waals surface area (Å²) < 4.78 is 0. The van der Waals surface area contributed by atoms with Crippen molar-refractivity contribution >= 4 is 5.91 Å². The Kier molecular flexibility index (Phi) is 4.43. The van der Waals surface area contributed by atoms with Crippen LogP contribution in [0.5, 0.6) is 0 Å².